The van der Waals surface area contributed by atoms with Crippen molar-refractivity contribution in [2.75, 3.05) is 0 Å². The highest BCUT2D eigenvalue weighted by molar-refractivity contribution is 7.09. The molecule has 2 amide bonds. The molecule has 5 nitrogen and oxygen atoms in total. The van der Waals surface area contributed by atoms with E-state index < -0.39 is 0 Å². The number of hydrogen-bond donors (Lipinski definition) is 1. The summed E-state index contributed by atoms with van der Waals surface area (Å²) in [6.45, 7) is 13.1. The Labute approximate surface area is 166 Å². The molecule has 0 radical (unpaired) electrons. The lowest BCUT2D eigenvalue weighted by Gasteiger charge is -2.32. The number of carbonyl (C=O) groups excluding carboxylic acids is 1. The smallest absolute Gasteiger partial charge is 0.318 e. The van der Waals surface area contributed by atoms with E-state index >= 15 is 0 Å². The van der Waals surface area contributed by atoms with Crippen LogP contribution in [0, 0.1) is 6.92 Å². The van der Waals surface area contributed by atoms with Crippen LogP contribution in [0.25, 0.3) is 0 Å². The van der Waals surface area contributed by atoms with Crippen LogP contribution in [0.4, 0.5) is 4.79 Å². The number of rotatable bonds is 7. The van der Waals surface area contributed by atoms with Gasteiger partial charge in [0.25, 0.3) is 0 Å². The lowest BCUT2D eigenvalue weighted by Crippen LogP contribution is -2.50. The van der Waals surface area contributed by atoms with Gasteiger partial charge >= 0.3 is 6.03 Å². The predicted octanol–water partition coefficient (Wildman–Crippen LogP) is 5.14. The maximum Gasteiger partial charge on any atom is 0.318 e. The molecule has 1 atom stereocenters. The summed E-state index contributed by atoms with van der Waals surface area (Å²) >= 11 is 1.56. The minimum Gasteiger partial charge on any atom is -0.486 e. The fourth-order valence-corrected chi connectivity index (χ4v) is 3.18. The first-order valence-corrected chi connectivity index (χ1v) is 10.3. The Hall–Kier alpha value is -2.08. The van der Waals surface area contributed by atoms with E-state index in [1.165, 1.54) is 5.56 Å². The first-order valence-electron chi connectivity index (χ1n) is 9.39. The maximum atomic E-state index is 12.7. The summed E-state index contributed by atoms with van der Waals surface area (Å²) in [5.74, 6) is 0.836. The highest BCUT2D eigenvalue weighted by Crippen LogP contribution is 2.18. The van der Waals surface area contributed by atoms with Crippen molar-refractivity contribution in [3.63, 3.8) is 0 Å². The molecule has 0 saturated heterocycles. The summed E-state index contributed by atoms with van der Waals surface area (Å²) in [5.41, 5.74) is 1.84. The van der Waals surface area contributed by atoms with Crippen molar-refractivity contribution in [3.8, 4) is 5.75 Å². The summed E-state index contributed by atoms with van der Waals surface area (Å²) in [7, 11) is 0. The number of thiazole rings is 1. The van der Waals surface area contributed by atoms with Crippen LogP contribution < -0.4 is 10.1 Å². The molecule has 6 heteroatoms. The van der Waals surface area contributed by atoms with Crippen LogP contribution in [0.1, 0.15) is 57.3 Å². The van der Waals surface area contributed by atoms with Gasteiger partial charge in [-0.15, -0.1) is 11.3 Å². The Morgan fingerprint density at radius 1 is 1.30 bits per heavy atom. The van der Waals surface area contributed by atoms with Crippen LogP contribution in [-0.2, 0) is 13.2 Å². The van der Waals surface area contributed by atoms with Gasteiger partial charge in [-0.25, -0.2) is 9.78 Å². The third kappa shape index (κ3) is 6.86. The van der Waals surface area contributed by atoms with E-state index in [0.29, 0.717) is 13.2 Å². The van der Waals surface area contributed by atoms with E-state index in [0.717, 1.165) is 22.9 Å². The van der Waals surface area contributed by atoms with Crippen LogP contribution in [0.15, 0.2) is 29.6 Å². The van der Waals surface area contributed by atoms with Gasteiger partial charge in [-0.05, 0) is 53.2 Å². The van der Waals surface area contributed by atoms with Gasteiger partial charge in [0.1, 0.15) is 17.4 Å². The van der Waals surface area contributed by atoms with Crippen LogP contribution in [0.5, 0.6) is 5.75 Å². The molecule has 0 aliphatic carbocycles. The van der Waals surface area contributed by atoms with Gasteiger partial charge in [0.15, 0.2) is 0 Å². The molecule has 0 aliphatic rings. The van der Waals surface area contributed by atoms with Gasteiger partial charge in [0, 0.05) is 17.0 Å². The van der Waals surface area contributed by atoms with Crippen LogP contribution in [-0.4, -0.2) is 27.5 Å². The first-order chi connectivity index (χ1) is 12.7. The molecule has 1 heterocycles. The maximum absolute atomic E-state index is 12.7. The molecule has 0 unspecified atom stereocenters. The normalized spacial score (nSPS) is 12.5. The second kappa shape index (κ2) is 9.22. The van der Waals surface area contributed by atoms with E-state index in [9.17, 15) is 4.79 Å². The van der Waals surface area contributed by atoms with Crippen molar-refractivity contribution in [2.45, 2.75) is 72.7 Å². The summed E-state index contributed by atoms with van der Waals surface area (Å²) in [6, 6.07) is 8.07. The number of ether oxygens (including phenoxy) is 1. The molecular weight excluding hydrogens is 358 g/mol. The largest absolute Gasteiger partial charge is 0.486 e. The topological polar surface area (TPSA) is 54.5 Å². The standard InChI is InChI=1S/C21H31N3O2S/c1-7-16(3)24(20(25)23-21(4,5)6)12-17-14-27-19(22-17)13-26-18-10-8-15(2)9-11-18/h8-11,14,16H,7,12-13H2,1-6H3,(H,23,25)/t16-/m0/s1. The number of nitrogens with zero attached hydrogens (tertiary/aromatic N) is 2. The second-order valence-electron chi connectivity index (χ2n) is 7.90. The fourth-order valence-electron chi connectivity index (χ4n) is 2.48. The SMILES string of the molecule is CC[C@H](C)N(Cc1csc(COc2ccc(C)cc2)n1)C(=O)NC(C)(C)C. The number of benzene rings is 1. The summed E-state index contributed by atoms with van der Waals surface area (Å²) < 4.78 is 5.80. The minimum atomic E-state index is -0.266. The van der Waals surface area contributed by atoms with Crippen molar-refractivity contribution < 1.29 is 9.53 Å². The molecule has 0 bridgehead atoms. The highest BCUT2D eigenvalue weighted by Gasteiger charge is 2.24. The number of aryl methyl sites for hydroxylation is 1. The molecule has 0 aliphatic heterocycles. The van der Waals surface area contributed by atoms with Crippen molar-refractivity contribution in [1.29, 1.82) is 0 Å². The number of nitrogens with one attached hydrogen (secondary N) is 1. The van der Waals surface area contributed by atoms with E-state index in [4.69, 9.17) is 4.74 Å². The monoisotopic (exact) mass is 389 g/mol. The molecule has 0 saturated carbocycles. The Morgan fingerprint density at radius 2 is 1.96 bits per heavy atom. The second-order valence-corrected chi connectivity index (χ2v) is 8.84. The van der Waals surface area contributed by atoms with Gasteiger partial charge in [-0.3, -0.25) is 0 Å². The Kier molecular flexibility index (Phi) is 7.25. The number of urea groups is 1. The lowest BCUT2D eigenvalue weighted by atomic mass is 10.1. The van der Waals surface area contributed by atoms with Gasteiger partial charge in [-0.2, -0.15) is 0 Å². The molecule has 2 rings (SSSR count). The van der Waals surface area contributed by atoms with Crippen molar-refractivity contribution in [2.24, 2.45) is 0 Å². The zero-order valence-corrected chi connectivity index (χ0v) is 18.0. The molecule has 1 aromatic heterocycles. The average molecular weight is 390 g/mol. The summed E-state index contributed by atoms with van der Waals surface area (Å²) in [6.07, 6.45) is 0.894. The molecule has 1 N–H and O–H groups in total. The van der Waals surface area contributed by atoms with Gasteiger partial charge in [0.2, 0.25) is 0 Å². The van der Waals surface area contributed by atoms with E-state index in [-0.39, 0.29) is 17.6 Å². The lowest BCUT2D eigenvalue weighted by molar-refractivity contribution is 0.164. The molecular formula is C21H31N3O2S. The molecule has 148 valence electrons. The third-order valence-corrected chi connectivity index (χ3v) is 5.05. The first kappa shape index (κ1) is 21.2. The summed E-state index contributed by atoms with van der Waals surface area (Å²) in [5, 5.41) is 5.97. The van der Waals surface area contributed by atoms with E-state index in [2.05, 4.69) is 31.1 Å². The zero-order chi connectivity index (χ0) is 20.0. The van der Waals surface area contributed by atoms with Crippen molar-refractivity contribution in [1.82, 2.24) is 15.2 Å². The van der Waals surface area contributed by atoms with Crippen LogP contribution >= 0.6 is 11.3 Å². The van der Waals surface area contributed by atoms with Gasteiger partial charge < -0.3 is 15.0 Å². The summed E-state index contributed by atoms with van der Waals surface area (Å²) in [4.78, 5) is 19.2. The molecule has 1 aromatic carbocycles. The Morgan fingerprint density at radius 3 is 2.56 bits per heavy atom. The third-order valence-electron chi connectivity index (χ3n) is 4.18. The van der Waals surface area contributed by atoms with Crippen LogP contribution in [0.2, 0.25) is 0 Å². The number of amides is 2. The van der Waals surface area contributed by atoms with E-state index in [1.54, 1.807) is 11.3 Å². The van der Waals surface area contributed by atoms with E-state index in [1.807, 2.05) is 55.3 Å². The Bertz CT molecular complexity index is 735. The number of aromatic nitrogens is 1. The molecule has 0 spiro atoms. The van der Waals surface area contributed by atoms with Gasteiger partial charge in [0.05, 0.1) is 12.2 Å². The zero-order valence-electron chi connectivity index (χ0n) is 17.2. The Balaban J connectivity index is 1.99. The fraction of sp³-hybridized carbons (Fsp3) is 0.524. The van der Waals surface area contributed by atoms with Crippen molar-refractivity contribution >= 4 is 17.4 Å². The molecule has 2 aromatic rings. The molecule has 27 heavy (non-hydrogen) atoms. The van der Waals surface area contributed by atoms with Crippen LogP contribution in [0.3, 0.4) is 0 Å². The molecule has 0 fully saturated rings. The quantitative estimate of drug-likeness (QED) is 0.713. The minimum absolute atomic E-state index is 0.0534. The highest BCUT2D eigenvalue weighted by atomic mass is 32.1. The predicted molar refractivity (Wildman–Crippen MR) is 111 cm³/mol. The number of carbonyl (C=O) groups is 1. The van der Waals surface area contributed by atoms with Gasteiger partial charge in [-0.1, -0.05) is 24.6 Å². The average Bonchev–Trinajstić information content (AvgIpc) is 3.04. The van der Waals surface area contributed by atoms with Crippen molar-refractivity contribution in [3.05, 3.63) is 45.9 Å². The number of hydrogen-bond acceptors (Lipinski definition) is 4.